The predicted octanol–water partition coefficient (Wildman–Crippen LogP) is 9.96. The van der Waals surface area contributed by atoms with Gasteiger partial charge in [-0.15, -0.1) is 80.6 Å². The van der Waals surface area contributed by atoms with E-state index in [1.807, 2.05) is 92.4 Å². The summed E-state index contributed by atoms with van der Waals surface area (Å²) in [6.45, 7) is 0. The highest BCUT2D eigenvalue weighted by Gasteiger charge is 2.27. The summed E-state index contributed by atoms with van der Waals surface area (Å²) in [5.74, 6) is 1.04. The molecule has 0 aliphatic heterocycles. The molecule has 4 aromatic rings. The molecule has 0 amide bonds. The van der Waals surface area contributed by atoms with Crippen molar-refractivity contribution in [2.24, 2.45) is 0 Å². The first-order valence-electron chi connectivity index (χ1n) is 8.73. The first-order valence-corrected chi connectivity index (χ1v) is 17.3. The van der Waals surface area contributed by atoms with Gasteiger partial charge in [0.25, 0.3) is 0 Å². The molecule has 0 saturated heterocycles. The van der Waals surface area contributed by atoms with Crippen molar-refractivity contribution in [3.63, 3.8) is 0 Å². The molecule has 0 fully saturated rings. The summed E-state index contributed by atoms with van der Waals surface area (Å²) in [4.78, 5) is 11.4. The average molecular weight is 529 g/mol. The van der Waals surface area contributed by atoms with Crippen LogP contribution in [0, 0.1) is 0 Å². The van der Waals surface area contributed by atoms with Gasteiger partial charge < -0.3 is 0 Å². The van der Waals surface area contributed by atoms with Crippen molar-refractivity contribution in [3.8, 4) is 29.9 Å². The molecule has 29 heavy (non-hydrogen) atoms. The van der Waals surface area contributed by atoms with Gasteiger partial charge in [0, 0.05) is 30.9 Å². The largest absolute Gasteiger partial charge is 0.161 e. The Morgan fingerprint density at radius 2 is 1.10 bits per heavy atom. The van der Waals surface area contributed by atoms with Crippen LogP contribution in [0.2, 0.25) is 0 Å². The van der Waals surface area contributed by atoms with Crippen LogP contribution in [0.5, 0.6) is 0 Å². The second-order valence-corrected chi connectivity index (χ2v) is 13.2. The minimum Gasteiger partial charge on any atom is -0.161 e. The van der Waals surface area contributed by atoms with E-state index in [0.29, 0.717) is 0 Å². The van der Waals surface area contributed by atoms with Crippen molar-refractivity contribution >= 4 is 92.4 Å². The first kappa shape index (κ1) is 22.4. The number of rotatable bonds is 8. The van der Waals surface area contributed by atoms with Crippen LogP contribution in [-0.4, -0.2) is 25.0 Å². The molecule has 4 heterocycles. The number of thiophene rings is 4. The molecule has 0 nitrogen and oxygen atoms in total. The Balaban J connectivity index is 2.05. The molecule has 0 unspecified atom stereocenters. The summed E-state index contributed by atoms with van der Waals surface area (Å²) < 4.78 is 0. The third kappa shape index (κ3) is 4.29. The lowest BCUT2D eigenvalue weighted by Crippen LogP contribution is -1.87. The van der Waals surface area contributed by atoms with E-state index < -0.39 is 0 Å². The first-order chi connectivity index (χ1) is 14.2. The number of thioether (sulfide) groups is 4. The Morgan fingerprint density at radius 3 is 1.62 bits per heavy atom. The second kappa shape index (κ2) is 10.2. The van der Waals surface area contributed by atoms with Crippen molar-refractivity contribution in [3.05, 3.63) is 39.9 Å². The Labute approximate surface area is 205 Å². The summed E-state index contributed by atoms with van der Waals surface area (Å²) in [6, 6.07) is 6.81. The van der Waals surface area contributed by atoms with Gasteiger partial charge in [-0.25, -0.2) is 0 Å². The molecule has 0 N–H and O–H groups in total. The average Bonchev–Trinajstić information content (AvgIpc) is 3.51. The van der Waals surface area contributed by atoms with Gasteiger partial charge >= 0.3 is 0 Å². The molecule has 0 aliphatic rings. The van der Waals surface area contributed by atoms with Crippen molar-refractivity contribution in [1.82, 2.24) is 0 Å². The Morgan fingerprint density at radius 1 is 0.621 bits per heavy atom. The summed E-state index contributed by atoms with van der Waals surface area (Å²) in [5.41, 5.74) is 2.98. The van der Waals surface area contributed by atoms with Crippen LogP contribution in [0.15, 0.2) is 49.0 Å². The van der Waals surface area contributed by atoms with Crippen LogP contribution in [0.4, 0.5) is 0 Å². The van der Waals surface area contributed by atoms with Crippen molar-refractivity contribution < 1.29 is 0 Å². The highest BCUT2D eigenvalue weighted by Crippen LogP contribution is 2.55. The standard InChI is InChI=1S/C21H20S8/c1-22-11-12-16(18-13(23-2)5-8-26-18)21(20-15(25-4)7-10-28-20)29-17(12)19-14(24-3)6-9-27-19/h5-10H,11H2,1-4H3. The molecule has 0 saturated carbocycles. The zero-order valence-corrected chi connectivity index (χ0v) is 23.0. The van der Waals surface area contributed by atoms with Gasteiger partial charge in [-0.2, -0.15) is 11.8 Å². The summed E-state index contributed by atoms with van der Waals surface area (Å²) in [7, 11) is 0. The molecule has 4 rings (SSSR count). The monoisotopic (exact) mass is 528 g/mol. The molecular weight excluding hydrogens is 509 g/mol. The highest BCUT2D eigenvalue weighted by atomic mass is 32.2. The topological polar surface area (TPSA) is 0 Å². The quantitative estimate of drug-likeness (QED) is 0.209. The molecule has 0 atom stereocenters. The van der Waals surface area contributed by atoms with Gasteiger partial charge in [-0.1, -0.05) is 0 Å². The minimum absolute atomic E-state index is 1.04. The Kier molecular flexibility index (Phi) is 7.89. The lowest BCUT2D eigenvalue weighted by Gasteiger charge is -2.09. The highest BCUT2D eigenvalue weighted by molar-refractivity contribution is 7.99. The fourth-order valence-electron chi connectivity index (χ4n) is 3.22. The van der Waals surface area contributed by atoms with Gasteiger partial charge in [0.05, 0.1) is 19.5 Å². The SMILES string of the molecule is CSCc1c(-c2sccc2SC)sc(-c2sccc2SC)c1-c1sccc1SC. The lowest BCUT2D eigenvalue weighted by atomic mass is 10.1. The maximum absolute atomic E-state index is 2.27. The lowest BCUT2D eigenvalue weighted by molar-refractivity contribution is 1.44. The van der Waals surface area contributed by atoms with Crippen LogP contribution >= 0.6 is 92.4 Å². The zero-order chi connectivity index (χ0) is 20.4. The van der Waals surface area contributed by atoms with Crippen LogP contribution in [0.25, 0.3) is 29.9 Å². The third-order valence-corrected chi connectivity index (χ3v) is 12.1. The minimum atomic E-state index is 1.04. The normalized spacial score (nSPS) is 11.4. The third-order valence-electron chi connectivity index (χ3n) is 4.48. The molecule has 8 heteroatoms. The van der Waals surface area contributed by atoms with E-state index in [1.54, 1.807) is 0 Å². The molecule has 0 aromatic carbocycles. The number of hydrogen-bond donors (Lipinski definition) is 0. The van der Waals surface area contributed by atoms with Gasteiger partial charge in [-0.3, -0.25) is 0 Å². The predicted molar refractivity (Wildman–Crippen MR) is 147 cm³/mol. The smallest absolute Gasteiger partial charge is 0.0585 e. The van der Waals surface area contributed by atoms with Gasteiger partial charge in [0.1, 0.15) is 0 Å². The zero-order valence-electron chi connectivity index (χ0n) is 16.4. The van der Waals surface area contributed by atoms with Crippen molar-refractivity contribution in [1.29, 1.82) is 0 Å². The van der Waals surface area contributed by atoms with Crippen LogP contribution in [-0.2, 0) is 5.75 Å². The summed E-state index contributed by atoms with van der Waals surface area (Å²) in [6.07, 6.45) is 8.78. The Bertz CT molecular complexity index is 1090. The maximum Gasteiger partial charge on any atom is 0.0585 e. The molecule has 0 spiro atoms. The molecule has 0 radical (unpaired) electrons. The maximum atomic E-state index is 2.27. The van der Waals surface area contributed by atoms with E-state index >= 15 is 0 Å². The van der Waals surface area contributed by atoms with E-state index in [0.717, 1.165) is 5.75 Å². The summed E-state index contributed by atoms with van der Waals surface area (Å²) >= 11 is 15.1. The fourth-order valence-corrected chi connectivity index (χ4v) is 11.1. The fraction of sp³-hybridized carbons (Fsp3) is 0.238. The second-order valence-electron chi connectivity index (χ2n) is 6.00. The molecule has 4 aromatic heterocycles. The van der Waals surface area contributed by atoms with Gasteiger partial charge in [0.2, 0.25) is 0 Å². The van der Waals surface area contributed by atoms with E-state index in [9.17, 15) is 0 Å². The number of hydrogen-bond acceptors (Lipinski definition) is 8. The van der Waals surface area contributed by atoms with E-state index in [1.165, 1.54) is 50.2 Å². The van der Waals surface area contributed by atoms with Crippen LogP contribution in [0.3, 0.4) is 0 Å². The van der Waals surface area contributed by atoms with Crippen molar-refractivity contribution in [2.45, 2.75) is 20.4 Å². The van der Waals surface area contributed by atoms with Crippen LogP contribution < -0.4 is 0 Å². The van der Waals surface area contributed by atoms with Crippen LogP contribution in [0.1, 0.15) is 5.56 Å². The molecule has 0 aliphatic carbocycles. The molecular formula is C21H20S8. The van der Waals surface area contributed by atoms with Crippen molar-refractivity contribution in [2.75, 3.05) is 25.0 Å². The summed E-state index contributed by atoms with van der Waals surface area (Å²) in [5, 5.41) is 6.72. The van der Waals surface area contributed by atoms with Gasteiger partial charge in [0.15, 0.2) is 0 Å². The van der Waals surface area contributed by atoms with E-state index in [2.05, 4.69) is 59.4 Å². The molecule has 152 valence electrons. The molecule has 0 bridgehead atoms. The van der Waals surface area contributed by atoms with Gasteiger partial charge in [-0.05, 0) is 64.9 Å². The van der Waals surface area contributed by atoms with E-state index in [4.69, 9.17) is 0 Å². The Hall–Kier alpha value is 0.200. The van der Waals surface area contributed by atoms with E-state index in [-0.39, 0.29) is 0 Å².